The molecule has 2 heteroatoms. The number of hydrogen-bond donors (Lipinski definition) is 1. The fourth-order valence-electron chi connectivity index (χ4n) is 1.70. The highest BCUT2D eigenvalue weighted by atomic mass is 16.7. The van der Waals surface area contributed by atoms with Crippen molar-refractivity contribution in [2.24, 2.45) is 0 Å². The predicted octanol–water partition coefficient (Wildman–Crippen LogP) is 3.81. The molecule has 0 heterocycles. The Balaban J connectivity index is 1.73. The van der Waals surface area contributed by atoms with Crippen LogP contribution in [-0.2, 0) is 11.4 Å². The highest BCUT2D eigenvalue weighted by molar-refractivity contribution is 5.49. The largest absolute Gasteiger partial charge is 0.294 e. The lowest BCUT2D eigenvalue weighted by molar-refractivity contribution is 0.00622. The molecule has 2 aromatic carbocycles. The van der Waals surface area contributed by atoms with Crippen molar-refractivity contribution in [1.29, 1.82) is 0 Å². The smallest absolute Gasteiger partial charge is 0.0946 e. The first-order valence-corrected chi connectivity index (χ1v) is 6.50. The van der Waals surface area contributed by atoms with Crippen molar-refractivity contribution in [3.8, 4) is 0 Å². The van der Waals surface area contributed by atoms with Crippen LogP contribution in [0.4, 0.5) is 0 Å². The summed E-state index contributed by atoms with van der Waals surface area (Å²) in [5.74, 6) is 0. The molecule has 1 N–H and O–H groups in total. The average Bonchev–Trinajstić information content (AvgIpc) is 2.47. The van der Waals surface area contributed by atoms with E-state index in [1.807, 2.05) is 49.4 Å². The Morgan fingerprint density at radius 3 is 2.32 bits per heavy atom. The van der Waals surface area contributed by atoms with Crippen LogP contribution in [0.25, 0.3) is 6.08 Å². The molecule has 0 amide bonds. The van der Waals surface area contributed by atoms with Crippen molar-refractivity contribution in [2.45, 2.75) is 19.6 Å². The molecule has 0 radical (unpaired) electrons. The molecule has 0 bridgehead atoms. The number of nitrogens with one attached hydrogen (secondary N) is 1. The molecule has 0 fully saturated rings. The Labute approximate surface area is 114 Å². The van der Waals surface area contributed by atoms with Crippen molar-refractivity contribution in [2.75, 3.05) is 0 Å². The number of rotatable bonds is 6. The maximum absolute atomic E-state index is 5.53. The second-order valence-electron chi connectivity index (χ2n) is 4.40. The quantitative estimate of drug-likeness (QED) is 0.790. The molecule has 2 rings (SSSR count). The molecule has 1 unspecified atom stereocenters. The topological polar surface area (TPSA) is 21.3 Å². The lowest BCUT2D eigenvalue weighted by atomic mass is 10.2. The first-order valence-electron chi connectivity index (χ1n) is 6.50. The first kappa shape index (κ1) is 13.5. The number of hydrogen-bond acceptors (Lipinski definition) is 2. The molecule has 0 aliphatic carbocycles. The normalized spacial score (nSPS) is 12.7. The van der Waals surface area contributed by atoms with E-state index in [-0.39, 0.29) is 6.10 Å². The van der Waals surface area contributed by atoms with Gasteiger partial charge >= 0.3 is 0 Å². The van der Waals surface area contributed by atoms with E-state index < -0.39 is 0 Å². The maximum Gasteiger partial charge on any atom is 0.0946 e. The van der Waals surface area contributed by atoms with E-state index in [1.54, 1.807) is 0 Å². The number of hydroxylamine groups is 1. The van der Waals surface area contributed by atoms with Crippen molar-refractivity contribution in [3.63, 3.8) is 0 Å². The summed E-state index contributed by atoms with van der Waals surface area (Å²) in [6.45, 7) is 2.72. The van der Waals surface area contributed by atoms with Crippen molar-refractivity contribution in [1.82, 2.24) is 5.48 Å². The van der Waals surface area contributed by atoms with Crippen LogP contribution in [0.2, 0.25) is 0 Å². The summed E-state index contributed by atoms with van der Waals surface area (Å²) >= 11 is 0. The molecule has 1 atom stereocenters. The monoisotopic (exact) mass is 253 g/mol. The van der Waals surface area contributed by atoms with Crippen LogP contribution in [0.15, 0.2) is 66.7 Å². The molecule has 0 aliphatic heterocycles. The van der Waals surface area contributed by atoms with Gasteiger partial charge in [0, 0.05) is 6.54 Å². The fraction of sp³-hybridized carbons (Fsp3) is 0.176. The second kappa shape index (κ2) is 7.52. The van der Waals surface area contributed by atoms with Crippen LogP contribution >= 0.6 is 0 Å². The molecule has 0 aromatic heterocycles. The highest BCUT2D eigenvalue weighted by Gasteiger charge is 1.97. The molecule has 2 nitrogen and oxygen atoms in total. The Bertz CT molecular complexity index is 493. The van der Waals surface area contributed by atoms with Gasteiger partial charge in [-0.2, -0.15) is 5.48 Å². The third-order valence-corrected chi connectivity index (χ3v) is 2.75. The minimum absolute atomic E-state index is 0.0314. The Morgan fingerprint density at radius 2 is 1.63 bits per heavy atom. The Morgan fingerprint density at radius 1 is 1.00 bits per heavy atom. The standard InChI is InChI=1S/C17H19NO/c1-15(12-13-16-8-4-2-5-9-16)19-18-14-17-10-6-3-7-11-17/h2-13,15,18H,14H2,1H3/b13-12+. The summed E-state index contributed by atoms with van der Waals surface area (Å²) in [6, 6.07) is 20.4. The van der Waals surface area contributed by atoms with Crippen LogP contribution in [0.3, 0.4) is 0 Å². The van der Waals surface area contributed by atoms with Gasteiger partial charge in [-0.25, -0.2) is 0 Å². The molecular weight excluding hydrogens is 234 g/mol. The summed E-state index contributed by atoms with van der Waals surface area (Å²) in [7, 11) is 0. The van der Waals surface area contributed by atoms with E-state index in [0.717, 1.165) is 0 Å². The molecule has 98 valence electrons. The van der Waals surface area contributed by atoms with Crippen molar-refractivity contribution >= 4 is 6.08 Å². The maximum atomic E-state index is 5.53. The van der Waals surface area contributed by atoms with Gasteiger partial charge in [-0.1, -0.05) is 72.8 Å². The minimum Gasteiger partial charge on any atom is -0.294 e. The third kappa shape index (κ3) is 5.08. The second-order valence-corrected chi connectivity index (χ2v) is 4.40. The predicted molar refractivity (Wildman–Crippen MR) is 79.3 cm³/mol. The average molecular weight is 253 g/mol. The molecule has 0 aliphatic rings. The first-order chi connectivity index (χ1) is 9.34. The zero-order valence-corrected chi connectivity index (χ0v) is 11.1. The van der Waals surface area contributed by atoms with Gasteiger partial charge in [0.05, 0.1) is 6.10 Å². The lowest BCUT2D eigenvalue weighted by Gasteiger charge is -2.09. The fourth-order valence-corrected chi connectivity index (χ4v) is 1.70. The zero-order valence-electron chi connectivity index (χ0n) is 11.1. The molecule has 0 saturated heterocycles. The minimum atomic E-state index is 0.0314. The van der Waals surface area contributed by atoms with Gasteiger partial charge in [0.25, 0.3) is 0 Å². The van der Waals surface area contributed by atoms with Gasteiger partial charge in [-0.15, -0.1) is 0 Å². The lowest BCUT2D eigenvalue weighted by Crippen LogP contribution is -2.19. The Kier molecular flexibility index (Phi) is 5.35. The summed E-state index contributed by atoms with van der Waals surface area (Å²) in [6.07, 6.45) is 4.13. The van der Waals surface area contributed by atoms with E-state index in [0.29, 0.717) is 6.54 Å². The molecule has 19 heavy (non-hydrogen) atoms. The number of benzene rings is 2. The van der Waals surface area contributed by atoms with E-state index >= 15 is 0 Å². The molecule has 2 aromatic rings. The van der Waals surface area contributed by atoms with Gasteiger partial charge in [-0.05, 0) is 18.1 Å². The molecule has 0 spiro atoms. The summed E-state index contributed by atoms with van der Waals surface area (Å²) in [4.78, 5) is 5.53. The van der Waals surface area contributed by atoms with Gasteiger partial charge in [-0.3, -0.25) is 4.84 Å². The van der Waals surface area contributed by atoms with Crippen LogP contribution in [0.5, 0.6) is 0 Å². The van der Waals surface area contributed by atoms with Gasteiger partial charge < -0.3 is 0 Å². The van der Waals surface area contributed by atoms with Crippen LogP contribution in [0, 0.1) is 0 Å². The zero-order chi connectivity index (χ0) is 13.3. The summed E-state index contributed by atoms with van der Waals surface area (Å²) < 4.78 is 0. The van der Waals surface area contributed by atoms with Gasteiger partial charge in [0.15, 0.2) is 0 Å². The van der Waals surface area contributed by atoms with Crippen molar-refractivity contribution < 1.29 is 4.84 Å². The summed E-state index contributed by atoms with van der Waals surface area (Å²) in [5.41, 5.74) is 5.38. The third-order valence-electron chi connectivity index (χ3n) is 2.75. The Hall–Kier alpha value is -1.90. The van der Waals surface area contributed by atoms with E-state index in [9.17, 15) is 0 Å². The van der Waals surface area contributed by atoms with E-state index in [4.69, 9.17) is 4.84 Å². The van der Waals surface area contributed by atoms with Crippen LogP contribution < -0.4 is 5.48 Å². The van der Waals surface area contributed by atoms with Crippen molar-refractivity contribution in [3.05, 3.63) is 77.9 Å². The molecular formula is C17H19NO. The van der Waals surface area contributed by atoms with Gasteiger partial charge in [0.2, 0.25) is 0 Å². The van der Waals surface area contributed by atoms with E-state index in [1.165, 1.54) is 11.1 Å². The van der Waals surface area contributed by atoms with Crippen LogP contribution in [0.1, 0.15) is 18.1 Å². The van der Waals surface area contributed by atoms with Gasteiger partial charge in [0.1, 0.15) is 0 Å². The highest BCUT2D eigenvalue weighted by Crippen LogP contribution is 2.03. The van der Waals surface area contributed by atoms with E-state index in [2.05, 4.69) is 35.8 Å². The summed E-state index contributed by atoms with van der Waals surface area (Å²) in [5, 5.41) is 0. The SMILES string of the molecule is CC(/C=C/c1ccccc1)ONCc1ccccc1. The molecule has 0 saturated carbocycles. The van der Waals surface area contributed by atoms with Crippen LogP contribution in [-0.4, -0.2) is 6.10 Å².